The molecule has 0 saturated heterocycles. The molecule has 2 fully saturated rings. The first-order chi connectivity index (χ1) is 17.8. The van der Waals surface area contributed by atoms with Crippen molar-refractivity contribution in [2.24, 2.45) is 5.92 Å². The molecule has 2 aliphatic carbocycles. The van der Waals surface area contributed by atoms with Gasteiger partial charge in [0.15, 0.2) is 0 Å². The van der Waals surface area contributed by atoms with Gasteiger partial charge >= 0.3 is 0 Å². The second-order valence-corrected chi connectivity index (χ2v) is 10.3. The number of aliphatic hydroxyl groups excluding tert-OH is 1. The van der Waals surface area contributed by atoms with E-state index in [0.717, 1.165) is 44.1 Å². The van der Waals surface area contributed by atoms with E-state index >= 15 is 0 Å². The van der Waals surface area contributed by atoms with E-state index in [9.17, 15) is 19.1 Å². The van der Waals surface area contributed by atoms with Gasteiger partial charge in [-0.25, -0.2) is 4.39 Å². The van der Waals surface area contributed by atoms with Crippen molar-refractivity contribution in [3.63, 3.8) is 0 Å². The molecule has 2 amide bonds. The van der Waals surface area contributed by atoms with Crippen LogP contribution in [0.5, 0.6) is 5.75 Å². The number of halogens is 1. The summed E-state index contributed by atoms with van der Waals surface area (Å²) in [6, 6.07) is 6.29. The number of fused-ring (bicyclic) bond motifs is 1. The van der Waals surface area contributed by atoms with Gasteiger partial charge in [-0.1, -0.05) is 0 Å². The number of rotatable bonds is 8. The minimum Gasteiger partial charge on any atom is -0.493 e. The summed E-state index contributed by atoms with van der Waals surface area (Å²) in [5.74, 6) is 0.221. The first-order valence-corrected chi connectivity index (χ1v) is 13.0. The predicted octanol–water partition coefficient (Wildman–Crippen LogP) is 4.00. The number of nitrogens with zero attached hydrogens (tertiary/aromatic N) is 1. The van der Waals surface area contributed by atoms with Crippen LogP contribution in [0.25, 0.3) is 22.2 Å². The highest BCUT2D eigenvalue weighted by atomic mass is 19.1. The molecular weight excluding hydrogens is 475 g/mol. The summed E-state index contributed by atoms with van der Waals surface area (Å²) in [7, 11) is 0. The number of aryl methyl sites for hydroxylation is 1. The molecule has 0 bridgehead atoms. The number of ether oxygens (including phenoxy) is 1. The second-order valence-electron chi connectivity index (χ2n) is 10.3. The van der Waals surface area contributed by atoms with Crippen molar-refractivity contribution in [1.29, 1.82) is 0 Å². The molecule has 1 atom stereocenters. The van der Waals surface area contributed by atoms with Crippen molar-refractivity contribution >= 4 is 22.8 Å². The first kappa shape index (κ1) is 25.2. The van der Waals surface area contributed by atoms with E-state index in [1.165, 1.54) is 19.1 Å². The highest BCUT2D eigenvalue weighted by molar-refractivity contribution is 6.09. The normalized spacial score (nSPS) is 20.4. The van der Waals surface area contributed by atoms with Crippen LogP contribution in [0.4, 0.5) is 4.39 Å². The highest BCUT2D eigenvalue weighted by Crippen LogP contribution is 2.38. The number of pyridine rings is 1. The van der Waals surface area contributed by atoms with Crippen molar-refractivity contribution in [3.8, 4) is 16.9 Å². The fourth-order valence-corrected chi connectivity index (χ4v) is 5.00. The predicted molar refractivity (Wildman–Crippen MR) is 138 cm³/mol. The number of hydrogen-bond acceptors (Lipinski definition) is 5. The van der Waals surface area contributed by atoms with E-state index in [0.29, 0.717) is 46.1 Å². The SMILES string of the molecule is Cc1[nH]c2c(-c3cc(F)ccc3OCC3CC3)ccnc2c1C(=O)NC1CCC(NC(=O)[C@H](C)O)CC1. The van der Waals surface area contributed by atoms with E-state index in [2.05, 4.69) is 20.6 Å². The summed E-state index contributed by atoms with van der Waals surface area (Å²) in [6.45, 7) is 3.88. The van der Waals surface area contributed by atoms with Crippen molar-refractivity contribution in [1.82, 2.24) is 20.6 Å². The van der Waals surface area contributed by atoms with Gasteiger partial charge in [-0.2, -0.15) is 0 Å². The van der Waals surface area contributed by atoms with Crippen LogP contribution in [0.1, 0.15) is 61.5 Å². The summed E-state index contributed by atoms with van der Waals surface area (Å²) in [4.78, 5) is 32.9. The van der Waals surface area contributed by atoms with Gasteiger partial charge in [0.05, 0.1) is 17.7 Å². The molecule has 2 aliphatic rings. The fraction of sp³-hybridized carbons (Fsp3) is 0.464. The van der Waals surface area contributed by atoms with Crippen molar-refractivity contribution in [2.45, 2.75) is 70.6 Å². The largest absolute Gasteiger partial charge is 0.493 e. The van der Waals surface area contributed by atoms with Gasteiger partial charge < -0.3 is 25.5 Å². The number of hydrogen-bond donors (Lipinski definition) is 4. The zero-order valence-corrected chi connectivity index (χ0v) is 21.1. The van der Waals surface area contributed by atoms with Crippen LogP contribution >= 0.6 is 0 Å². The molecule has 5 rings (SSSR count). The third-order valence-electron chi connectivity index (χ3n) is 7.29. The van der Waals surface area contributed by atoms with E-state index in [1.54, 1.807) is 12.3 Å². The molecule has 9 heteroatoms. The minimum atomic E-state index is -1.03. The van der Waals surface area contributed by atoms with Gasteiger partial charge in [-0.15, -0.1) is 0 Å². The number of carbonyl (C=O) groups excluding carboxylic acids is 2. The monoisotopic (exact) mass is 508 g/mol. The molecule has 4 N–H and O–H groups in total. The maximum absolute atomic E-state index is 14.3. The molecule has 8 nitrogen and oxygen atoms in total. The molecule has 0 unspecified atom stereocenters. The van der Waals surface area contributed by atoms with Crippen LogP contribution in [-0.4, -0.2) is 51.7 Å². The average molecular weight is 509 g/mol. The van der Waals surface area contributed by atoms with E-state index in [4.69, 9.17) is 4.74 Å². The van der Waals surface area contributed by atoms with Crippen LogP contribution in [-0.2, 0) is 4.79 Å². The number of aromatic nitrogens is 2. The molecule has 2 aromatic heterocycles. The summed E-state index contributed by atoms with van der Waals surface area (Å²) >= 11 is 0. The number of H-pyrrole nitrogens is 1. The Hall–Kier alpha value is -3.46. The summed E-state index contributed by atoms with van der Waals surface area (Å²) in [5.41, 5.74) is 3.70. The van der Waals surface area contributed by atoms with Gasteiger partial charge in [-0.05, 0) is 82.6 Å². The summed E-state index contributed by atoms with van der Waals surface area (Å²) in [5, 5.41) is 15.4. The standard InChI is InChI=1S/C28H33FN4O4/c1-15-24(28(36)33-20-8-6-19(7-9-20)32-27(35)16(2)34)26-25(31-15)21(11-12-30-26)22-13-18(29)5-10-23(22)37-14-17-3-4-17/h5,10-13,16-17,19-20,31,34H,3-4,6-9,14H2,1-2H3,(H,32,35)(H,33,36)/t16-,19?,20?/m0/s1. The topological polar surface area (TPSA) is 116 Å². The Morgan fingerprint density at radius 3 is 2.49 bits per heavy atom. The maximum Gasteiger partial charge on any atom is 0.255 e. The van der Waals surface area contributed by atoms with Gasteiger partial charge in [0.25, 0.3) is 5.91 Å². The van der Waals surface area contributed by atoms with Gasteiger partial charge in [0.1, 0.15) is 23.2 Å². The smallest absolute Gasteiger partial charge is 0.255 e. The number of aliphatic hydroxyl groups is 1. The van der Waals surface area contributed by atoms with E-state index < -0.39 is 6.10 Å². The number of nitrogens with one attached hydrogen (secondary N) is 3. The quantitative estimate of drug-likeness (QED) is 0.367. The van der Waals surface area contributed by atoms with Crippen LogP contribution in [0, 0.1) is 18.7 Å². The third kappa shape index (κ3) is 5.61. The van der Waals surface area contributed by atoms with Crippen molar-refractivity contribution in [2.75, 3.05) is 6.61 Å². The van der Waals surface area contributed by atoms with Crippen LogP contribution in [0.15, 0.2) is 30.5 Å². The lowest BCUT2D eigenvalue weighted by Gasteiger charge is -2.30. The minimum absolute atomic E-state index is 0.00287. The third-order valence-corrected chi connectivity index (χ3v) is 7.29. The lowest BCUT2D eigenvalue weighted by molar-refractivity contribution is -0.129. The Bertz CT molecular complexity index is 1310. The molecular formula is C28H33FN4O4. The van der Waals surface area contributed by atoms with Gasteiger partial charge in [0.2, 0.25) is 5.91 Å². The Morgan fingerprint density at radius 1 is 1.11 bits per heavy atom. The number of aromatic amines is 1. The first-order valence-electron chi connectivity index (χ1n) is 13.0. The number of amides is 2. The summed E-state index contributed by atoms with van der Waals surface area (Å²) < 4.78 is 20.3. The maximum atomic E-state index is 14.3. The molecule has 196 valence electrons. The van der Waals surface area contributed by atoms with Crippen molar-refractivity contribution in [3.05, 3.63) is 47.5 Å². The molecule has 0 aliphatic heterocycles. The molecule has 37 heavy (non-hydrogen) atoms. The molecule has 3 aromatic rings. The number of carbonyl (C=O) groups is 2. The zero-order valence-electron chi connectivity index (χ0n) is 21.1. The average Bonchev–Trinajstić information content (AvgIpc) is 3.63. The second kappa shape index (κ2) is 10.5. The molecule has 2 saturated carbocycles. The highest BCUT2D eigenvalue weighted by Gasteiger charge is 2.28. The van der Waals surface area contributed by atoms with Gasteiger partial charge in [-0.3, -0.25) is 14.6 Å². The van der Waals surface area contributed by atoms with Gasteiger partial charge in [0, 0.05) is 35.1 Å². The zero-order chi connectivity index (χ0) is 26.1. The molecule has 1 aromatic carbocycles. The van der Waals surface area contributed by atoms with Crippen LogP contribution < -0.4 is 15.4 Å². The summed E-state index contributed by atoms with van der Waals surface area (Å²) in [6.07, 6.45) is 5.80. The fourth-order valence-electron chi connectivity index (χ4n) is 5.00. The van der Waals surface area contributed by atoms with Crippen LogP contribution in [0.3, 0.4) is 0 Å². The lowest BCUT2D eigenvalue weighted by atomic mass is 9.90. The Kier molecular flexibility index (Phi) is 7.15. The van der Waals surface area contributed by atoms with E-state index in [1.807, 2.05) is 13.0 Å². The molecule has 2 heterocycles. The van der Waals surface area contributed by atoms with Crippen molar-refractivity contribution < 1.29 is 23.8 Å². The van der Waals surface area contributed by atoms with Crippen LogP contribution in [0.2, 0.25) is 0 Å². The molecule has 0 spiro atoms. The lowest BCUT2D eigenvalue weighted by Crippen LogP contribution is -2.46. The Labute approximate surface area is 215 Å². The van der Waals surface area contributed by atoms with E-state index in [-0.39, 0.29) is 29.7 Å². The molecule has 0 radical (unpaired) electrons. The number of benzene rings is 1. The Balaban J connectivity index is 1.35. The Morgan fingerprint density at radius 2 is 1.81 bits per heavy atom.